The van der Waals surface area contributed by atoms with Gasteiger partial charge in [0.1, 0.15) is 0 Å². The number of nitrogens with zero attached hydrogens (tertiary/aromatic N) is 1. The predicted octanol–water partition coefficient (Wildman–Crippen LogP) is 3.60. The van der Waals surface area contributed by atoms with Gasteiger partial charge in [-0.05, 0) is 46.5 Å². The summed E-state index contributed by atoms with van der Waals surface area (Å²) in [7, 11) is 1.66. The van der Waals surface area contributed by atoms with Gasteiger partial charge in [0.2, 0.25) is 0 Å². The fourth-order valence-corrected chi connectivity index (χ4v) is 2.78. The molecule has 1 aromatic carbocycles. The van der Waals surface area contributed by atoms with Gasteiger partial charge in [0, 0.05) is 25.8 Å². The van der Waals surface area contributed by atoms with Crippen LogP contribution in [0.4, 0.5) is 0 Å². The first kappa shape index (κ1) is 15.7. The zero-order valence-corrected chi connectivity index (χ0v) is 13.4. The Hall–Kier alpha value is -1.65. The van der Waals surface area contributed by atoms with E-state index in [-0.39, 0.29) is 5.91 Å². The first-order valence-corrected chi connectivity index (χ1v) is 8.07. The van der Waals surface area contributed by atoms with Crippen molar-refractivity contribution in [2.45, 2.75) is 19.9 Å². The predicted molar refractivity (Wildman–Crippen MR) is 86.8 cm³/mol. The van der Waals surface area contributed by atoms with Crippen molar-refractivity contribution in [1.29, 1.82) is 0 Å². The number of aryl methyl sites for hydroxylation is 1. The number of hydrogen-bond donors (Lipinski definition) is 0. The average Bonchev–Trinajstić information content (AvgIpc) is 3.04. The summed E-state index contributed by atoms with van der Waals surface area (Å²) in [6.07, 6.45) is 0.983. The molecule has 3 nitrogen and oxygen atoms in total. The van der Waals surface area contributed by atoms with Gasteiger partial charge >= 0.3 is 0 Å². The van der Waals surface area contributed by atoms with Crippen molar-refractivity contribution in [3.8, 4) is 0 Å². The zero-order valence-electron chi connectivity index (χ0n) is 12.5. The van der Waals surface area contributed by atoms with Gasteiger partial charge in [0.15, 0.2) is 0 Å². The van der Waals surface area contributed by atoms with Crippen molar-refractivity contribution in [3.63, 3.8) is 0 Å². The number of hydrogen-bond acceptors (Lipinski definition) is 3. The summed E-state index contributed by atoms with van der Waals surface area (Å²) < 4.78 is 5.12. The molecule has 0 aliphatic heterocycles. The number of methoxy groups -OCH3 is 1. The highest BCUT2D eigenvalue weighted by atomic mass is 32.1. The minimum Gasteiger partial charge on any atom is -0.383 e. The van der Waals surface area contributed by atoms with Crippen molar-refractivity contribution in [2.75, 3.05) is 20.3 Å². The molecule has 2 rings (SSSR count). The van der Waals surface area contributed by atoms with E-state index in [1.807, 2.05) is 34.5 Å². The minimum absolute atomic E-state index is 0.0564. The molecule has 1 heterocycles. The van der Waals surface area contributed by atoms with Gasteiger partial charge in [-0.15, -0.1) is 0 Å². The van der Waals surface area contributed by atoms with E-state index in [1.165, 1.54) is 5.56 Å². The van der Waals surface area contributed by atoms with E-state index in [2.05, 4.69) is 18.4 Å². The van der Waals surface area contributed by atoms with E-state index in [0.717, 1.165) is 17.5 Å². The molecule has 0 radical (unpaired) electrons. The minimum atomic E-state index is 0.0564. The van der Waals surface area contributed by atoms with E-state index in [9.17, 15) is 4.79 Å². The lowest BCUT2D eigenvalue weighted by Gasteiger charge is -2.22. The maximum Gasteiger partial charge on any atom is 0.254 e. The van der Waals surface area contributed by atoms with Crippen LogP contribution in [-0.4, -0.2) is 31.1 Å². The molecule has 1 amide bonds. The summed E-state index contributed by atoms with van der Waals surface area (Å²) in [5.74, 6) is 0.0564. The van der Waals surface area contributed by atoms with Crippen LogP contribution in [-0.2, 0) is 17.7 Å². The van der Waals surface area contributed by atoms with Crippen LogP contribution < -0.4 is 0 Å². The van der Waals surface area contributed by atoms with Crippen LogP contribution in [0.3, 0.4) is 0 Å². The summed E-state index contributed by atoms with van der Waals surface area (Å²) in [5.41, 5.74) is 3.14. The van der Waals surface area contributed by atoms with Crippen LogP contribution in [0.5, 0.6) is 0 Å². The van der Waals surface area contributed by atoms with Crippen LogP contribution in [0.2, 0.25) is 0 Å². The van der Waals surface area contributed by atoms with Crippen molar-refractivity contribution in [2.24, 2.45) is 0 Å². The normalized spacial score (nSPS) is 10.6. The Labute approximate surface area is 130 Å². The van der Waals surface area contributed by atoms with E-state index in [1.54, 1.807) is 18.4 Å². The standard InChI is InChI=1S/C17H21NO2S/c1-3-14-4-6-16(7-5-14)17(19)18(9-10-20-2)12-15-8-11-21-13-15/h4-8,11,13H,3,9-10,12H2,1-2H3. The fourth-order valence-electron chi connectivity index (χ4n) is 2.12. The number of carbonyl (C=O) groups excluding carboxylic acids is 1. The summed E-state index contributed by atoms with van der Waals surface area (Å²) in [5, 5.41) is 4.11. The third-order valence-corrected chi connectivity index (χ3v) is 4.15. The first-order valence-electron chi connectivity index (χ1n) is 7.12. The Balaban J connectivity index is 2.11. The third-order valence-electron chi connectivity index (χ3n) is 3.42. The van der Waals surface area contributed by atoms with Gasteiger partial charge in [0.25, 0.3) is 5.91 Å². The smallest absolute Gasteiger partial charge is 0.254 e. The first-order chi connectivity index (χ1) is 10.2. The van der Waals surface area contributed by atoms with Gasteiger partial charge in [0.05, 0.1) is 6.61 Å². The van der Waals surface area contributed by atoms with Crippen LogP contribution >= 0.6 is 11.3 Å². The Kier molecular flexibility index (Phi) is 5.96. The Morgan fingerprint density at radius 3 is 2.52 bits per heavy atom. The molecule has 21 heavy (non-hydrogen) atoms. The maximum absolute atomic E-state index is 12.7. The summed E-state index contributed by atoms with van der Waals surface area (Å²) in [4.78, 5) is 14.5. The topological polar surface area (TPSA) is 29.5 Å². The molecular formula is C17H21NO2S. The second-order valence-corrected chi connectivity index (χ2v) is 5.68. The van der Waals surface area contributed by atoms with Crippen LogP contribution in [0.25, 0.3) is 0 Å². The molecule has 0 fully saturated rings. The lowest BCUT2D eigenvalue weighted by Crippen LogP contribution is -2.33. The van der Waals surface area contributed by atoms with Crippen LogP contribution in [0, 0.1) is 0 Å². The van der Waals surface area contributed by atoms with Crippen molar-refractivity contribution in [1.82, 2.24) is 4.90 Å². The molecule has 112 valence electrons. The van der Waals surface area contributed by atoms with E-state index in [0.29, 0.717) is 19.7 Å². The lowest BCUT2D eigenvalue weighted by molar-refractivity contribution is 0.0680. The number of rotatable bonds is 7. The molecule has 0 atom stereocenters. The van der Waals surface area contributed by atoms with E-state index < -0.39 is 0 Å². The number of thiophene rings is 1. The van der Waals surface area contributed by atoms with Gasteiger partial charge in [-0.25, -0.2) is 0 Å². The molecule has 0 saturated heterocycles. The van der Waals surface area contributed by atoms with Crippen LogP contribution in [0.15, 0.2) is 41.1 Å². The van der Waals surface area contributed by atoms with E-state index >= 15 is 0 Å². The fraction of sp³-hybridized carbons (Fsp3) is 0.353. The highest BCUT2D eigenvalue weighted by Crippen LogP contribution is 2.13. The molecule has 0 bridgehead atoms. The molecule has 0 aliphatic carbocycles. The molecule has 0 N–H and O–H groups in total. The zero-order chi connectivity index (χ0) is 15.1. The summed E-state index contributed by atoms with van der Waals surface area (Å²) in [6, 6.07) is 9.92. The lowest BCUT2D eigenvalue weighted by atomic mass is 10.1. The molecule has 0 aliphatic rings. The number of ether oxygens (including phenoxy) is 1. The average molecular weight is 303 g/mol. The highest BCUT2D eigenvalue weighted by Gasteiger charge is 2.16. The SMILES string of the molecule is CCc1ccc(C(=O)N(CCOC)Cc2ccsc2)cc1. The maximum atomic E-state index is 12.7. The number of carbonyl (C=O) groups is 1. The van der Waals surface area contributed by atoms with Crippen LogP contribution in [0.1, 0.15) is 28.4 Å². The summed E-state index contributed by atoms with van der Waals surface area (Å²) >= 11 is 1.65. The molecule has 0 saturated carbocycles. The van der Waals surface area contributed by atoms with Gasteiger partial charge in [-0.1, -0.05) is 19.1 Å². The Morgan fingerprint density at radius 1 is 1.19 bits per heavy atom. The monoisotopic (exact) mass is 303 g/mol. The second kappa shape index (κ2) is 7.96. The number of amides is 1. The Bertz CT molecular complexity index is 549. The molecule has 0 unspecified atom stereocenters. The van der Waals surface area contributed by atoms with Gasteiger partial charge < -0.3 is 9.64 Å². The van der Waals surface area contributed by atoms with Crippen molar-refractivity contribution in [3.05, 3.63) is 57.8 Å². The number of benzene rings is 1. The second-order valence-electron chi connectivity index (χ2n) is 4.90. The molecule has 1 aromatic heterocycles. The largest absolute Gasteiger partial charge is 0.383 e. The van der Waals surface area contributed by atoms with E-state index in [4.69, 9.17) is 4.74 Å². The summed E-state index contributed by atoms with van der Waals surface area (Å²) in [6.45, 7) is 3.88. The molecule has 2 aromatic rings. The highest BCUT2D eigenvalue weighted by molar-refractivity contribution is 7.07. The van der Waals surface area contributed by atoms with Gasteiger partial charge in [-0.2, -0.15) is 11.3 Å². The molecule has 0 spiro atoms. The molecule has 4 heteroatoms. The van der Waals surface area contributed by atoms with Gasteiger partial charge in [-0.3, -0.25) is 4.79 Å². The Morgan fingerprint density at radius 2 is 1.95 bits per heavy atom. The van der Waals surface area contributed by atoms with Crippen molar-refractivity contribution >= 4 is 17.2 Å². The van der Waals surface area contributed by atoms with Crippen molar-refractivity contribution < 1.29 is 9.53 Å². The molecular weight excluding hydrogens is 282 g/mol. The quantitative estimate of drug-likeness (QED) is 0.782. The third kappa shape index (κ3) is 4.41.